The SMILES string of the molecule is COc1cccc2c1C(=O)c1c(O)c3c(c(O)c1C2=O)C[C@@](O)(C(=O)CO)C[C@@H]3O[C@H]1C[C@H](NC(=O)CCC(=O)Oc2ccc3c(c2)CC[C@@H]2[C@@H]3CC[C@]3(C)C(=O)CC[C@@H]23)[C@H](O)[C@H](C)O1. The Morgan fingerprint density at radius 3 is 2.48 bits per heavy atom. The van der Waals surface area contributed by atoms with Gasteiger partial charge in [0.2, 0.25) is 11.7 Å². The Kier molecular flexibility index (Phi) is 11.5. The second-order valence-corrected chi connectivity index (χ2v) is 18.8. The van der Waals surface area contributed by atoms with Gasteiger partial charge in [0.1, 0.15) is 47.1 Å². The van der Waals surface area contributed by atoms with Gasteiger partial charge in [-0.05, 0) is 86.1 Å². The molecule has 5 aliphatic carbocycles. The molecule has 0 aromatic heterocycles. The molecule has 0 spiro atoms. The molecule has 2 saturated carbocycles. The Bertz CT molecular complexity index is 2530. The minimum Gasteiger partial charge on any atom is -0.507 e. The number of hydrogen-bond acceptors (Lipinski definition) is 15. The number of esters is 1. The number of Topliss-reactive ketones (excluding diaryl/α,β-unsaturated/α-hetero) is 2. The number of carbonyl (C=O) groups excluding carboxylic acids is 6. The van der Waals surface area contributed by atoms with Crippen LogP contribution in [0.25, 0.3) is 0 Å². The van der Waals surface area contributed by atoms with Crippen LogP contribution in [0.3, 0.4) is 0 Å². The van der Waals surface area contributed by atoms with Crippen molar-refractivity contribution >= 4 is 35.0 Å². The maximum atomic E-state index is 14.0. The summed E-state index contributed by atoms with van der Waals surface area (Å²) in [5.74, 6) is -3.34. The number of hydrogen-bond donors (Lipinski definition) is 6. The van der Waals surface area contributed by atoms with Gasteiger partial charge in [-0.15, -0.1) is 0 Å². The van der Waals surface area contributed by atoms with Gasteiger partial charge in [0.15, 0.2) is 17.9 Å². The van der Waals surface area contributed by atoms with Gasteiger partial charge in [0, 0.05) is 54.2 Å². The van der Waals surface area contributed by atoms with Gasteiger partial charge in [0.05, 0.1) is 48.5 Å². The highest BCUT2D eigenvalue weighted by Gasteiger charge is 2.55. The van der Waals surface area contributed by atoms with E-state index in [1.54, 1.807) is 6.07 Å². The second kappa shape index (κ2) is 16.7. The summed E-state index contributed by atoms with van der Waals surface area (Å²) in [5.41, 5.74) is -1.98. The zero-order chi connectivity index (χ0) is 46.3. The summed E-state index contributed by atoms with van der Waals surface area (Å²) in [6.45, 7) is 2.57. The molecule has 6 N–H and O–H groups in total. The number of phenolic OH excluding ortho intramolecular Hbond substituents is 2. The normalized spacial score (nSPS) is 31.1. The van der Waals surface area contributed by atoms with Gasteiger partial charge in [-0.3, -0.25) is 28.8 Å². The Labute approximate surface area is 374 Å². The van der Waals surface area contributed by atoms with Gasteiger partial charge < -0.3 is 49.8 Å². The zero-order valence-corrected chi connectivity index (χ0v) is 36.4. The monoisotopic (exact) mass is 895 g/mol. The number of benzene rings is 3. The number of aliphatic hydroxyl groups excluding tert-OH is 2. The van der Waals surface area contributed by atoms with Gasteiger partial charge in [0.25, 0.3) is 0 Å². The van der Waals surface area contributed by atoms with Crippen molar-refractivity contribution in [3.05, 3.63) is 80.9 Å². The minimum absolute atomic E-state index is 0.0520. The maximum Gasteiger partial charge on any atom is 0.311 e. The number of aromatic hydroxyl groups is 2. The Morgan fingerprint density at radius 1 is 0.954 bits per heavy atom. The van der Waals surface area contributed by atoms with Crippen LogP contribution < -0.4 is 14.8 Å². The fourth-order valence-electron chi connectivity index (χ4n) is 11.9. The molecule has 9 rings (SSSR count). The Morgan fingerprint density at radius 2 is 1.72 bits per heavy atom. The Balaban J connectivity index is 0.877. The summed E-state index contributed by atoms with van der Waals surface area (Å²) in [5, 5.41) is 58.7. The van der Waals surface area contributed by atoms with Crippen LogP contribution in [-0.2, 0) is 41.5 Å². The van der Waals surface area contributed by atoms with Crippen LogP contribution in [-0.4, -0.2) is 104 Å². The molecule has 1 amide bonds. The minimum atomic E-state index is -2.37. The molecule has 10 atom stereocenters. The van der Waals surface area contributed by atoms with E-state index in [4.69, 9.17) is 18.9 Å². The van der Waals surface area contributed by atoms with Crippen molar-refractivity contribution in [2.45, 2.75) is 127 Å². The van der Waals surface area contributed by atoms with Crippen molar-refractivity contribution in [2.75, 3.05) is 13.7 Å². The number of nitrogens with one attached hydrogen (secondary N) is 1. The van der Waals surface area contributed by atoms with E-state index in [-0.39, 0.29) is 52.7 Å². The number of ether oxygens (including phenoxy) is 4. The van der Waals surface area contributed by atoms with Gasteiger partial charge in [-0.25, -0.2) is 0 Å². The molecule has 344 valence electrons. The van der Waals surface area contributed by atoms with Crippen molar-refractivity contribution in [1.82, 2.24) is 5.32 Å². The molecule has 3 aromatic rings. The molecule has 1 aliphatic heterocycles. The molecular formula is C49H53NO15. The summed E-state index contributed by atoms with van der Waals surface area (Å²) in [7, 11) is 1.30. The number of ketones is 4. The Hall–Kier alpha value is -5.52. The smallest absolute Gasteiger partial charge is 0.311 e. The lowest BCUT2D eigenvalue weighted by atomic mass is 9.55. The first-order valence-electron chi connectivity index (χ1n) is 22.4. The molecule has 0 radical (unpaired) electrons. The number of amides is 1. The fourth-order valence-corrected chi connectivity index (χ4v) is 11.9. The number of phenols is 2. The number of aryl methyl sites for hydroxylation is 1. The lowest BCUT2D eigenvalue weighted by molar-refractivity contribution is -0.249. The highest BCUT2D eigenvalue weighted by atomic mass is 16.7. The second-order valence-electron chi connectivity index (χ2n) is 18.8. The number of rotatable bonds is 10. The van der Waals surface area contributed by atoms with E-state index in [1.807, 2.05) is 12.1 Å². The topological polar surface area (TPSA) is 253 Å². The summed E-state index contributed by atoms with van der Waals surface area (Å²) < 4.78 is 23.2. The third-order valence-electron chi connectivity index (χ3n) is 15.3. The van der Waals surface area contributed by atoms with Crippen LogP contribution >= 0.6 is 0 Å². The summed E-state index contributed by atoms with van der Waals surface area (Å²) >= 11 is 0. The van der Waals surface area contributed by atoms with Crippen LogP contribution in [0.1, 0.15) is 138 Å². The number of fused-ring (bicyclic) bond motifs is 8. The van der Waals surface area contributed by atoms with Crippen molar-refractivity contribution < 1.29 is 73.2 Å². The molecule has 1 heterocycles. The fraction of sp³-hybridized carbons (Fsp3) is 0.510. The average molecular weight is 896 g/mol. The predicted molar refractivity (Wildman–Crippen MR) is 227 cm³/mol. The quantitative estimate of drug-likeness (QED) is 0.0749. The molecule has 16 nitrogen and oxygen atoms in total. The largest absolute Gasteiger partial charge is 0.507 e. The molecule has 6 aliphatic rings. The molecule has 0 unspecified atom stereocenters. The number of methoxy groups -OCH3 is 1. The number of carbonyl (C=O) groups is 6. The maximum absolute atomic E-state index is 14.0. The first-order chi connectivity index (χ1) is 31.0. The standard InChI is InChI=1S/C49H53NO15/c1-22-43(56)31(50-36(54)13-14-37(55)64-24-8-10-25-23(17-24)7-9-27-26(25)15-16-48(2)30(27)11-12-34(48)52)18-38(63-22)65-33-20-49(61,35(53)21-51)19-29-40(33)47(60)42-41(45(29)58)44(57)28-5-4-6-32(62-3)39(28)46(42)59/h4-6,8,10,17,22,26-27,30-31,33,38,43,51,56,58,60-61H,7,9,11-16,18-21H2,1-3H3,(H,50,54)/t22-,26+,27+,30-,31-,33-,38-,43+,48-,49-/m0/s1. The average Bonchev–Trinajstić information content (AvgIpc) is 3.59. The highest BCUT2D eigenvalue weighted by molar-refractivity contribution is 6.31. The van der Waals surface area contributed by atoms with Crippen LogP contribution in [0.5, 0.6) is 23.0 Å². The third kappa shape index (κ3) is 7.43. The van der Waals surface area contributed by atoms with E-state index >= 15 is 0 Å². The predicted octanol–water partition coefficient (Wildman–Crippen LogP) is 3.97. The van der Waals surface area contributed by atoms with E-state index in [9.17, 15) is 54.3 Å². The van der Waals surface area contributed by atoms with Crippen molar-refractivity contribution in [1.29, 1.82) is 0 Å². The van der Waals surface area contributed by atoms with E-state index in [0.29, 0.717) is 35.7 Å². The molecule has 1 saturated heterocycles. The van der Waals surface area contributed by atoms with Crippen LogP contribution in [0.2, 0.25) is 0 Å². The van der Waals surface area contributed by atoms with E-state index < -0.39 is 108 Å². The highest BCUT2D eigenvalue weighted by Crippen LogP contribution is 2.60. The van der Waals surface area contributed by atoms with Gasteiger partial charge >= 0.3 is 5.97 Å². The molecule has 3 fully saturated rings. The molecule has 0 bridgehead atoms. The number of aliphatic hydroxyl groups is 3. The van der Waals surface area contributed by atoms with E-state index in [0.717, 1.165) is 37.7 Å². The first kappa shape index (κ1) is 44.7. The lowest BCUT2D eigenvalue weighted by Gasteiger charge is -2.48. The molecular weight excluding hydrogens is 843 g/mol. The summed E-state index contributed by atoms with van der Waals surface area (Å²) in [6.07, 6.45) is -1.72. The van der Waals surface area contributed by atoms with Crippen molar-refractivity contribution in [3.8, 4) is 23.0 Å². The van der Waals surface area contributed by atoms with Crippen LogP contribution in [0.15, 0.2) is 36.4 Å². The van der Waals surface area contributed by atoms with Crippen molar-refractivity contribution in [3.63, 3.8) is 0 Å². The van der Waals surface area contributed by atoms with Gasteiger partial charge in [-0.2, -0.15) is 0 Å². The van der Waals surface area contributed by atoms with Crippen molar-refractivity contribution in [2.24, 2.45) is 17.3 Å². The van der Waals surface area contributed by atoms with E-state index in [1.165, 1.54) is 37.8 Å². The lowest BCUT2D eigenvalue weighted by Crippen LogP contribution is -2.55. The van der Waals surface area contributed by atoms with Gasteiger partial charge in [-0.1, -0.05) is 25.1 Å². The van der Waals surface area contributed by atoms with E-state index in [2.05, 4.69) is 12.2 Å². The summed E-state index contributed by atoms with van der Waals surface area (Å²) in [4.78, 5) is 79.9. The first-order valence-corrected chi connectivity index (χ1v) is 22.4. The zero-order valence-electron chi connectivity index (χ0n) is 36.4. The third-order valence-corrected chi connectivity index (χ3v) is 15.3. The molecule has 16 heteroatoms. The molecule has 3 aromatic carbocycles. The van der Waals surface area contributed by atoms with Crippen LogP contribution in [0, 0.1) is 17.3 Å². The molecule has 65 heavy (non-hydrogen) atoms. The van der Waals surface area contributed by atoms with Crippen LogP contribution in [0.4, 0.5) is 0 Å². The summed E-state index contributed by atoms with van der Waals surface area (Å²) in [6, 6.07) is 9.01.